The molecule has 0 fully saturated rings. The van der Waals surface area contributed by atoms with Crippen LogP contribution in [0.15, 0.2) is 34.9 Å². The highest BCUT2D eigenvalue weighted by molar-refractivity contribution is 6.14. The summed E-state index contributed by atoms with van der Waals surface area (Å²) in [6.07, 6.45) is 3.33. The predicted octanol–water partition coefficient (Wildman–Crippen LogP) is 2.96. The lowest BCUT2D eigenvalue weighted by molar-refractivity contribution is 0.0947. The molecule has 1 aliphatic carbocycles. The number of para-hydroxylation sites is 2. The number of amides is 1. The Kier molecular flexibility index (Phi) is 3.26. The molecule has 0 saturated carbocycles. The highest BCUT2D eigenvalue weighted by atomic mass is 16.3. The summed E-state index contributed by atoms with van der Waals surface area (Å²) >= 11 is 0. The zero-order chi connectivity index (χ0) is 16.8. The number of benzene rings is 1. The summed E-state index contributed by atoms with van der Waals surface area (Å²) in [5, 5.41) is 0. The van der Waals surface area contributed by atoms with Gasteiger partial charge in [-0.05, 0) is 18.6 Å². The Morgan fingerprint density at radius 1 is 1.29 bits per heavy atom. The van der Waals surface area contributed by atoms with E-state index in [9.17, 15) is 9.59 Å². The number of aryl methyl sites for hydroxylation is 2. The molecule has 0 saturated heterocycles. The van der Waals surface area contributed by atoms with Crippen LogP contribution in [0.25, 0.3) is 11.0 Å². The summed E-state index contributed by atoms with van der Waals surface area (Å²) in [7, 11) is 3.53. The Hall–Kier alpha value is -2.89. The highest BCUT2D eigenvalue weighted by Gasteiger charge is 2.30. The fraction of sp³-hybridized carbons (Fsp3) is 0.278. The van der Waals surface area contributed by atoms with Crippen LogP contribution in [-0.2, 0) is 13.5 Å². The van der Waals surface area contributed by atoms with Crippen molar-refractivity contribution in [3.63, 3.8) is 0 Å². The van der Waals surface area contributed by atoms with Crippen molar-refractivity contribution >= 4 is 28.7 Å². The van der Waals surface area contributed by atoms with Crippen molar-refractivity contribution in [2.45, 2.75) is 19.3 Å². The summed E-state index contributed by atoms with van der Waals surface area (Å²) in [6.45, 7) is 0. The van der Waals surface area contributed by atoms with Crippen LogP contribution in [0.5, 0.6) is 0 Å². The Labute approximate surface area is 138 Å². The molecule has 2 aromatic heterocycles. The minimum absolute atomic E-state index is 0.0215. The lowest BCUT2D eigenvalue weighted by Crippen LogP contribution is -2.30. The van der Waals surface area contributed by atoms with Gasteiger partial charge >= 0.3 is 0 Å². The molecule has 122 valence electrons. The van der Waals surface area contributed by atoms with Gasteiger partial charge in [-0.1, -0.05) is 12.1 Å². The van der Waals surface area contributed by atoms with Crippen molar-refractivity contribution in [1.82, 2.24) is 9.55 Å². The second kappa shape index (κ2) is 5.33. The number of aromatic nitrogens is 2. The molecular formula is C18H17N3O3. The standard InChI is InChI=1S/C18H17N3O3/c1-20-13-7-4-3-6-12(13)19-18(20)21(2)17(23)11-10-24-15-9-5-8-14(22)16(11)15/h3-4,6-7,10H,5,8-9H2,1-2H3. The minimum Gasteiger partial charge on any atom is -0.468 e. The van der Waals surface area contributed by atoms with E-state index >= 15 is 0 Å². The van der Waals surface area contributed by atoms with Crippen LogP contribution < -0.4 is 4.90 Å². The van der Waals surface area contributed by atoms with Gasteiger partial charge in [-0.15, -0.1) is 0 Å². The highest BCUT2D eigenvalue weighted by Crippen LogP contribution is 2.28. The second-order valence-corrected chi connectivity index (χ2v) is 6.05. The number of rotatable bonds is 2. The summed E-state index contributed by atoms with van der Waals surface area (Å²) < 4.78 is 7.32. The molecule has 0 spiro atoms. The maximum Gasteiger partial charge on any atom is 0.264 e. The molecule has 1 amide bonds. The molecule has 0 atom stereocenters. The third-order valence-electron chi connectivity index (χ3n) is 4.55. The van der Waals surface area contributed by atoms with Crippen LogP contribution in [0.2, 0.25) is 0 Å². The normalized spacial score (nSPS) is 14.0. The third kappa shape index (κ3) is 2.06. The Morgan fingerprint density at radius 3 is 2.88 bits per heavy atom. The van der Waals surface area contributed by atoms with E-state index in [0.29, 0.717) is 35.7 Å². The molecule has 24 heavy (non-hydrogen) atoms. The average Bonchev–Trinajstić information content (AvgIpc) is 3.17. The Bertz CT molecular complexity index is 967. The van der Waals surface area contributed by atoms with Gasteiger partial charge in [0.2, 0.25) is 5.95 Å². The van der Waals surface area contributed by atoms with Crippen molar-refractivity contribution in [1.29, 1.82) is 0 Å². The van der Waals surface area contributed by atoms with Crippen LogP contribution in [0.4, 0.5) is 5.95 Å². The molecule has 0 radical (unpaired) electrons. The average molecular weight is 323 g/mol. The van der Waals surface area contributed by atoms with E-state index in [4.69, 9.17) is 4.42 Å². The van der Waals surface area contributed by atoms with Gasteiger partial charge in [0, 0.05) is 26.9 Å². The smallest absolute Gasteiger partial charge is 0.264 e. The number of hydrogen-bond donors (Lipinski definition) is 0. The van der Waals surface area contributed by atoms with Gasteiger partial charge in [-0.3, -0.25) is 14.5 Å². The molecule has 0 aliphatic heterocycles. The molecule has 6 heteroatoms. The van der Waals surface area contributed by atoms with Crippen molar-refractivity contribution < 1.29 is 14.0 Å². The first-order chi connectivity index (χ1) is 11.6. The first-order valence-corrected chi connectivity index (χ1v) is 7.91. The van der Waals surface area contributed by atoms with Gasteiger partial charge in [-0.2, -0.15) is 0 Å². The molecule has 0 unspecified atom stereocenters. The summed E-state index contributed by atoms with van der Waals surface area (Å²) in [5.74, 6) is 0.841. The lowest BCUT2D eigenvalue weighted by Gasteiger charge is -2.17. The zero-order valence-electron chi connectivity index (χ0n) is 13.6. The summed E-state index contributed by atoms with van der Waals surface area (Å²) in [6, 6.07) is 7.70. The summed E-state index contributed by atoms with van der Waals surface area (Å²) in [4.78, 5) is 31.1. The third-order valence-corrected chi connectivity index (χ3v) is 4.55. The van der Waals surface area contributed by atoms with Crippen molar-refractivity contribution in [3.8, 4) is 0 Å². The van der Waals surface area contributed by atoms with Gasteiger partial charge in [-0.25, -0.2) is 4.98 Å². The molecule has 2 heterocycles. The monoisotopic (exact) mass is 323 g/mol. The molecule has 1 aromatic carbocycles. The first kappa shape index (κ1) is 14.7. The minimum atomic E-state index is -0.284. The van der Waals surface area contributed by atoms with Gasteiger partial charge in [0.25, 0.3) is 5.91 Å². The van der Waals surface area contributed by atoms with E-state index in [1.165, 1.54) is 11.2 Å². The van der Waals surface area contributed by atoms with E-state index < -0.39 is 0 Å². The number of carbonyl (C=O) groups is 2. The largest absolute Gasteiger partial charge is 0.468 e. The topological polar surface area (TPSA) is 68.3 Å². The van der Waals surface area contributed by atoms with E-state index in [-0.39, 0.29) is 11.7 Å². The van der Waals surface area contributed by atoms with Gasteiger partial charge in [0.05, 0.1) is 22.2 Å². The maximum atomic E-state index is 12.9. The fourth-order valence-corrected chi connectivity index (χ4v) is 3.28. The lowest BCUT2D eigenvalue weighted by atomic mass is 9.94. The molecule has 4 rings (SSSR count). The van der Waals surface area contributed by atoms with Crippen LogP contribution in [0, 0.1) is 0 Å². The number of imidazole rings is 1. The number of Topliss-reactive ketones (excluding diaryl/α,β-unsaturated/α-hetero) is 1. The number of nitrogens with zero attached hydrogens (tertiary/aromatic N) is 3. The predicted molar refractivity (Wildman–Crippen MR) is 89.4 cm³/mol. The SMILES string of the molecule is CN(C(=O)c1coc2c1C(=O)CCC2)c1nc2ccccc2n1C. The molecule has 1 aliphatic rings. The van der Waals surface area contributed by atoms with Crippen LogP contribution in [0.3, 0.4) is 0 Å². The number of hydrogen-bond acceptors (Lipinski definition) is 4. The Balaban J connectivity index is 1.76. The molecular weight excluding hydrogens is 306 g/mol. The first-order valence-electron chi connectivity index (χ1n) is 7.91. The number of furan rings is 1. The van der Waals surface area contributed by atoms with Crippen molar-refractivity contribution in [2.75, 3.05) is 11.9 Å². The van der Waals surface area contributed by atoms with Gasteiger partial charge in [0.1, 0.15) is 12.0 Å². The van der Waals surface area contributed by atoms with Gasteiger partial charge < -0.3 is 8.98 Å². The number of carbonyl (C=O) groups excluding carboxylic acids is 2. The van der Waals surface area contributed by atoms with Crippen LogP contribution in [0.1, 0.15) is 39.3 Å². The van der Waals surface area contributed by atoms with E-state index in [0.717, 1.165) is 17.5 Å². The van der Waals surface area contributed by atoms with Crippen LogP contribution in [-0.4, -0.2) is 28.3 Å². The molecule has 6 nitrogen and oxygen atoms in total. The van der Waals surface area contributed by atoms with Crippen LogP contribution >= 0.6 is 0 Å². The summed E-state index contributed by atoms with van der Waals surface area (Å²) in [5.41, 5.74) is 2.53. The maximum absolute atomic E-state index is 12.9. The number of anilines is 1. The van der Waals surface area contributed by atoms with E-state index in [2.05, 4.69) is 4.98 Å². The quantitative estimate of drug-likeness (QED) is 0.727. The molecule has 0 bridgehead atoms. The number of ketones is 1. The van der Waals surface area contributed by atoms with Crippen molar-refractivity contribution in [3.05, 3.63) is 47.4 Å². The fourth-order valence-electron chi connectivity index (χ4n) is 3.28. The zero-order valence-corrected chi connectivity index (χ0v) is 13.6. The van der Waals surface area contributed by atoms with E-state index in [1.54, 1.807) is 7.05 Å². The molecule has 0 N–H and O–H groups in total. The van der Waals surface area contributed by atoms with Crippen molar-refractivity contribution in [2.24, 2.45) is 7.05 Å². The Morgan fingerprint density at radius 2 is 2.08 bits per heavy atom. The molecule has 3 aromatic rings. The number of fused-ring (bicyclic) bond motifs is 2. The second-order valence-electron chi connectivity index (χ2n) is 6.05. The van der Waals surface area contributed by atoms with E-state index in [1.807, 2.05) is 35.9 Å². The van der Waals surface area contributed by atoms with Gasteiger partial charge in [0.15, 0.2) is 5.78 Å².